The summed E-state index contributed by atoms with van der Waals surface area (Å²) in [5.74, 6) is 0.488. The quantitative estimate of drug-likeness (QED) is 0.678. The smallest absolute Gasteiger partial charge is 0.237 e. The van der Waals surface area contributed by atoms with Crippen LogP contribution >= 0.6 is 0 Å². The number of hydrogen-bond donors (Lipinski definition) is 1. The molecule has 1 atom stereocenters. The predicted molar refractivity (Wildman–Crippen MR) is 56.5 cm³/mol. The first-order chi connectivity index (χ1) is 7.27. The molecular weight excluding hydrogens is 192 g/mol. The van der Waals surface area contributed by atoms with Crippen LogP contribution in [0.4, 0.5) is 0 Å². The topological polar surface area (TPSA) is 49.4 Å². The fraction of sp³-hybridized carbons (Fsp3) is 0.818. The van der Waals surface area contributed by atoms with E-state index >= 15 is 0 Å². The first-order valence-electron chi connectivity index (χ1n) is 5.81. The van der Waals surface area contributed by atoms with Crippen LogP contribution in [0.5, 0.6) is 0 Å². The maximum atomic E-state index is 11.8. The number of likely N-dealkylation sites (tertiary alicyclic amines) is 1. The van der Waals surface area contributed by atoms with Crippen LogP contribution in [0.15, 0.2) is 0 Å². The van der Waals surface area contributed by atoms with Gasteiger partial charge in [-0.15, -0.1) is 0 Å². The molecule has 0 saturated carbocycles. The van der Waals surface area contributed by atoms with Crippen molar-refractivity contribution in [1.82, 2.24) is 10.2 Å². The molecule has 2 rings (SSSR count). The Morgan fingerprint density at radius 3 is 2.60 bits per heavy atom. The SMILES string of the molecule is O=C1CCN(C2CCCCNC2=O)CC1. The number of nitrogens with zero attached hydrogens (tertiary/aromatic N) is 1. The molecule has 2 heterocycles. The Morgan fingerprint density at radius 1 is 1.13 bits per heavy atom. The Bertz CT molecular complexity index is 255. The summed E-state index contributed by atoms with van der Waals surface area (Å²) in [6, 6.07) is 0.0144. The summed E-state index contributed by atoms with van der Waals surface area (Å²) in [4.78, 5) is 25.0. The summed E-state index contributed by atoms with van der Waals surface area (Å²) in [6.45, 7) is 2.33. The zero-order chi connectivity index (χ0) is 10.7. The van der Waals surface area contributed by atoms with E-state index in [9.17, 15) is 9.59 Å². The van der Waals surface area contributed by atoms with Crippen LogP contribution in [0.3, 0.4) is 0 Å². The summed E-state index contributed by atoms with van der Waals surface area (Å²) in [5, 5.41) is 2.94. The Balaban J connectivity index is 1.95. The van der Waals surface area contributed by atoms with Gasteiger partial charge in [0.2, 0.25) is 5.91 Å². The second kappa shape index (κ2) is 4.75. The molecule has 1 N–H and O–H groups in total. The average Bonchev–Trinajstić information content (AvgIpc) is 2.44. The van der Waals surface area contributed by atoms with E-state index in [-0.39, 0.29) is 11.9 Å². The molecule has 4 heteroatoms. The van der Waals surface area contributed by atoms with Crippen LogP contribution in [0.25, 0.3) is 0 Å². The van der Waals surface area contributed by atoms with E-state index in [1.165, 1.54) is 0 Å². The maximum absolute atomic E-state index is 11.8. The molecule has 84 valence electrons. The number of ketones is 1. The molecule has 1 amide bonds. The molecule has 4 nitrogen and oxygen atoms in total. The van der Waals surface area contributed by atoms with Crippen molar-refractivity contribution in [2.75, 3.05) is 19.6 Å². The molecule has 0 aromatic rings. The molecule has 0 aromatic carbocycles. The van der Waals surface area contributed by atoms with Gasteiger partial charge in [-0.25, -0.2) is 0 Å². The lowest BCUT2D eigenvalue weighted by molar-refractivity contribution is -0.129. The number of hydrogen-bond acceptors (Lipinski definition) is 3. The van der Waals surface area contributed by atoms with E-state index in [2.05, 4.69) is 10.2 Å². The molecule has 2 aliphatic rings. The van der Waals surface area contributed by atoms with Crippen LogP contribution in [0.1, 0.15) is 32.1 Å². The fourth-order valence-corrected chi connectivity index (χ4v) is 2.36. The van der Waals surface area contributed by atoms with E-state index in [0.717, 1.165) is 38.9 Å². The average molecular weight is 210 g/mol. The minimum Gasteiger partial charge on any atom is -0.355 e. The monoisotopic (exact) mass is 210 g/mol. The normalized spacial score (nSPS) is 29.7. The van der Waals surface area contributed by atoms with Crippen molar-refractivity contribution in [2.24, 2.45) is 0 Å². The van der Waals surface area contributed by atoms with Gasteiger partial charge in [0.15, 0.2) is 0 Å². The predicted octanol–water partition coefficient (Wildman–Crippen LogP) is 0.320. The molecule has 2 aliphatic heterocycles. The van der Waals surface area contributed by atoms with Crippen LogP contribution < -0.4 is 5.32 Å². The second-order valence-electron chi connectivity index (χ2n) is 4.38. The lowest BCUT2D eigenvalue weighted by atomic mass is 10.0. The van der Waals surface area contributed by atoms with E-state index in [4.69, 9.17) is 0 Å². The number of nitrogens with one attached hydrogen (secondary N) is 1. The summed E-state index contributed by atoms with van der Waals surface area (Å²) < 4.78 is 0. The van der Waals surface area contributed by atoms with E-state index < -0.39 is 0 Å². The van der Waals surface area contributed by atoms with Crippen LogP contribution in [0, 0.1) is 0 Å². The fourth-order valence-electron chi connectivity index (χ4n) is 2.36. The van der Waals surface area contributed by atoms with Gasteiger partial charge in [0, 0.05) is 32.5 Å². The molecule has 0 aromatic heterocycles. The molecule has 0 bridgehead atoms. The van der Waals surface area contributed by atoms with Crippen molar-refractivity contribution in [3.05, 3.63) is 0 Å². The van der Waals surface area contributed by atoms with Crippen molar-refractivity contribution < 1.29 is 9.59 Å². The van der Waals surface area contributed by atoms with Crippen molar-refractivity contribution in [2.45, 2.75) is 38.1 Å². The molecule has 0 radical (unpaired) electrons. The highest BCUT2D eigenvalue weighted by atomic mass is 16.2. The van der Waals surface area contributed by atoms with E-state index in [1.54, 1.807) is 0 Å². The maximum Gasteiger partial charge on any atom is 0.237 e. The van der Waals surface area contributed by atoms with Gasteiger partial charge in [0.05, 0.1) is 6.04 Å². The lowest BCUT2D eigenvalue weighted by Gasteiger charge is -2.32. The minimum absolute atomic E-state index is 0.0144. The molecule has 15 heavy (non-hydrogen) atoms. The Kier molecular flexibility index (Phi) is 3.36. The summed E-state index contributed by atoms with van der Waals surface area (Å²) in [7, 11) is 0. The third kappa shape index (κ3) is 2.56. The van der Waals surface area contributed by atoms with Crippen molar-refractivity contribution in [1.29, 1.82) is 0 Å². The number of carbonyl (C=O) groups excluding carboxylic acids is 2. The Labute approximate surface area is 90.0 Å². The third-order valence-electron chi connectivity index (χ3n) is 3.30. The van der Waals surface area contributed by atoms with Crippen molar-refractivity contribution >= 4 is 11.7 Å². The van der Waals surface area contributed by atoms with E-state index in [1.807, 2.05) is 0 Å². The number of carbonyl (C=O) groups is 2. The van der Waals surface area contributed by atoms with Crippen molar-refractivity contribution in [3.8, 4) is 0 Å². The highest BCUT2D eigenvalue weighted by Gasteiger charge is 2.29. The molecule has 2 fully saturated rings. The minimum atomic E-state index is 0.0144. The van der Waals surface area contributed by atoms with Gasteiger partial charge in [-0.2, -0.15) is 0 Å². The number of rotatable bonds is 1. The highest BCUT2D eigenvalue weighted by molar-refractivity contribution is 5.83. The largest absolute Gasteiger partial charge is 0.355 e. The van der Waals surface area contributed by atoms with Gasteiger partial charge in [-0.3, -0.25) is 14.5 Å². The lowest BCUT2D eigenvalue weighted by Crippen LogP contribution is -2.49. The first kappa shape index (κ1) is 10.6. The van der Waals surface area contributed by atoms with Gasteiger partial charge >= 0.3 is 0 Å². The number of amides is 1. The van der Waals surface area contributed by atoms with E-state index in [0.29, 0.717) is 18.6 Å². The van der Waals surface area contributed by atoms with Crippen LogP contribution in [-0.2, 0) is 9.59 Å². The zero-order valence-electron chi connectivity index (χ0n) is 9.00. The molecule has 2 saturated heterocycles. The number of piperidine rings is 1. The highest BCUT2D eigenvalue weighted by Crippen LogP contribution is 2.16. The standard InChI is InChI=1S/C11H18N2O2/c14-9-4-7-13(8-5-9)10-3-1-2-6-12-11(10)15/h10H,1-8H2,(H,12,15). The van der Waals surface area contributed by atoms with Gasteiger partial charge in [-0.05, 0) is 19.3 Å². The Hall–Kier alpha value is -0.900. The van der Waals surface area contributed by atoms with Crippen LogP contribution in [0.2, 0.25) is 0 Å². The molecular formula is C11H18N2O2. The summed E-state index contributed by atoms with van der Waals surface area (Å²) >= 11 is 0. The van der Waals surface area contributed by atoms with Gasteiger partial charge < -0.3 is 5.32 Å². The van der Waals surface area contributed by atoms with Crippen molar-refractivity contribution in [3.63, 3.8) is 0 Å². The summed E-state index contributed by atoms with van der Waals surface area (Å²) in [6.07, 6.45) is 4.36. The molecule has 1 unspecified atom stereocenters. The first-order valence-corrected chi connectivity index (χ1v) is 5.81. The number of Topliss-reactive ketones (excluding diaryl/α,β-unsaturated/α-hetero) is 1. The summed E-state index contributed by atoms with van der Waals surface area (Å²) in [5.41, 5.74) is 0. The second-order valence-corrected chi connectivity index (χ2v) is 4.38. The zero-order valence-corrected chi connectivity index (χ0v) is 9.00. The van der Waals surface area contributed by atoms with Gasteiger partial charge in [-0.1, -0.05) is 0 Å². The molecule has 0 spiro atoms. The van der Waals surface area contributed by atoms with Crippen LogP contribution in [-0.4, -0.2) is 42.3 Å². The Morgan fingerprint density at radius 2 is 1.87 bits per heavy atom. The van der Waals surface area contributed by atoms with Gasteiger partial charge in [0.1, 0.15) is 5.78 Å². The van der Waals surface area contributed by atoms with Gasteiger partial charge in [0.25, 0.3) is 0 Å². The third-order valence-corrected chi connectivity index (χ3v) is 3.30. The molecule has 0 aliphatic carbocycles.